The molecule has 0 fully saturated rings. The number of benzene rings is 1. The summed E-state index contributed by atoms with van der Waals surface area (Å²) in [6.07, 6.45) is 4.88. The topological polar surface area (TPSA) is 27.4 Å². The molecular formula is C19H24N3O+. The summed E-state index contributed by atoms with van der Waals surface area (Å²) in [5, 5.41) is 0. The van der Waals surface area contributed by atoms with Crippen molar-refractivity contribution in [2.45, 2.75) is 32.4 Å². The largest absolute Gasteiger partial charge is 0.377 e. The number of para-hydroxylation sites is 1. The molecule has 0 N–H and O–H groups in total. The predicted molar refractivity (Wildman–Crippen MR) is 92.8 cm³/mol. The lowest BCUT2D eigenvalue weighted by atomic mass is 10.1. The third-order valence-electron chi connectivity index (χ3n) is 4.60. The Hall–Kier alpha value is -2.36. The number of fused-ring (bicyclic) bond motifs is 1. The number of aromatic nitrogens is 1. The van der Waals surface area contributed by atoms with Gasteiger partial charge in [0.15, 0.2) is 12.4 Å². The summed E-state index contributed by atoms with van der Waals surface area (Å²) in [5.74, 6) is 0.144. The first-order valence-electron chi connectivity index (χ1n) is 8.08. The Balaban J connectivity index is 1.85. The number of anilines is 2. The third kappa shape index (κ3) is 2.81. The summed E-state index contributed by atoms with van der Waals surface area (Å²) in [5.41, 5.74) is 3.44. The van der Waals surface area contributed by atoms with Crippen molar-refractivity contribution >= 4 is 17.3 Å². The number of rotatable bonds is 3. The van der Waals surface area contributed by atoms with E-state index in [2.05, 4.69) is 17.9 Å². The molecule has 4 heteroatoms. The molecule has 0 radical (unpaired) electrons. The lowest BCUT2D eigenvalue weighted by molar-refractivity contribution is -0.705. The maximum absolute atomic E-state index is 13.0. The Labute approximate surface area is 138 Å². The van der Waals surface area contributed by atoms with Gasteiger partial charge in [-0.25, -0.2) is 0 Å². The smallest absolute Gasteiger partial charge is 0.296 e. The van der Waals surface area contributed by atoms with Crippen LogP contribution >= 0.6 is 0 Å². The van der Waals surface area contributed by atoms with E-state index in [1.807, 2.05) is 73.2 Å². The van der Waals surface area contributed by atoms with E-state index in [0.717, 1.165) is 17.8 Å². The molecule has 23 heavy (non-hydrogen) atoms. The number of carbonyl (C=O) groups excluding carboxylic acids is 1. The van der Waals surface area contributed by atoms with Crippen molar-refractivity contribution in [2.24, 2.45) is 0 Å². The normalized spacial score (nSPS) is 17.7. The molecule has 4 nitrogen and oxygen atoms in total. The van der Waals surface area contributed by atoms with Crippen molar-refractivity contribution in [3.63, 3.8) is 0 Å². The summed E-state index contributed by atoms with van der Waals surface area (Å²) in [6.45, 7) is 4.08. The number of nitrogens with zero attached hydrogens (tertiary/aromatic N) is 3. The van der Waals surface area contributed by atoms with Gasteiger partial charge in [-0.2, -0.15) is 4.57 Å². The molecule has 2 atom stereocenters. The minimum Gasteiger partial charge on any atom is -0.377 e. The van der Waals surface area contributed by atoms with Gasteiger partial charge >= 0.3 is 0 Å². The maximum atomic E-state index is 13.0. The Kier molecular flexibility index (Phi) is 4.07. The van der Waals surface area contributed by atoms with Gasteiger partial charge in [0.05, 0.1) is 0 Å². The first-order valence-corrected chi connectivity index (χ1v) is 8.08. The van der Waals surface area contributed by atoms with E-state index in [1.165, 1.54) is 5.56 Å². The van der Waals surface area contributed by atoms with Crippen molar-refractivity contribution < 1.29 is 9.36 Å². The maximum Gasteiger partial charge on any atom is 0.296 e. The zero-order chi connectivity index (χ0) is 16.6. The van der Waals surface area contributed by atoms with E-state index in [0.29, 0.717) is 0 Å². The SMILES string of the molecule is C[C@@H]1Cc2ccccc2N1C(=O)[C@H](C)[n+]1ccc(N(C)C)cc1. The van der Waals surface area contributed by atoms with Gasteiger partial charge in [0.1, 0.15) is 0 Å². The lowest BCUT2D eigenvalue weighted by Crippen LogP contribution is -2.49. The molecule has 120 valence electrons. The molecule has 3 rings (SSSR count). The standard InChI is InChI=1S/C19H24N3O/c1-14-13-16-7-5-6-8-18(16)22(14)19(23)15(2)21-11-9-17(10-12-21)20(3)4/h5-12,14-15H,13H2,1-4H3/q+1/t14-,15+/m1/s1. The number of pyridine rings is 1. The molecule has 0 saturated carbocycles. The van der Waals surface area contributed by atoms with Crippen LogP contribution in [0.5, 0.6) is 0 Å². The van der Waals surface area contributed by atoms with Gasteiger partial charge in [-0.1, -0.05) is 18.2 Å². The van der Waals surface area contributed by atoms with Gasteiger partial charge in [0.25, 0.3) is 5.91 Å². The van der Waals surface area contributed by atoms with Gasteiger partial charge < -0.3 is 9.80 Å². The quantitative estimate of drug-likeness (QED) is 0.815. The summed E-state index contributed by atoms with van der Waals surface area (Å²) >= 11 is 0. The zero-order valence-corrected chi connectivity index (χ0v) is 14.2. The van der Waals surface area contributed by atoms with Crippen LogP contribution in [0.25, 0.3) is 0 Å². The van der Waals surface area contributed by atoms with Crippen LogP contribution in [0, 0.1) is 0 Å². The number of carbonyl (C=O) groups is 1. The summed E-state index contributed by atoms with van der Waals surface area (Å²) in [7, 11) is 4.02. The van der Waals surface area contributed by atoms with Crippen LogP contribution in [0.1, 0.15) is 25.5 Å². The average Bonchev–Trinajstić information content (AvgIpc) is 2.89. The van der Waals surface area contributed by atoms with Gasteiger partial charge in [0.2, 0.25) is 6.04 Å². The van der Waals surface area contributed by atoms with Crippen molar-refractivity contribution in [2.75, 3.05) is 23.9 Å². The van der Waals surface area contributed by atoms with Crippen LogP contribution < -0.4 is 14.4 Å². The molecule has 0 unspecified atom stereocenters. The average molecular weight is 310 g/mol. The first kappa shape index (κ1) is 15.5. The Morgan fingerprint density at radius 3 is 2.52 bits per heavy atom. The molecule has 1 aliphatic rings. The Bertz CT molecular complexity index is 709. The molecule has 1 aromatic carbocycles. The number of hydrogen-bond acceptors (Lipinski definition) is 2. The molecule has 0 bridgehead atoms. The minimum atomic E-state index is -0.222. The van der Waals surface area contributed by atoms with Gasteiger partial charge in [-0.05, 0) is 25.0 Å². The lowest BCUT2D eigenvalue weighted by Gasteiger charge is -2.24. The number of amides is 1. The van der Waals surface area contributed by atoms with Crippen molar-refractivity contribution in [3.8, 4) is 0 Å². The van der Waals surface area contributed by atoms with Crippen molar-refractivity contribution in [3.05, 3.63) is 54.4 Å². The minimum absolute atomic E-state index is 0.144. The van der Waals surface area contributed by atoms with Crippen LogP contribution in [-0.4, -0.2) is 26.0 Å². The van der Waals surface area contributed by atoms with Crippen LogP contribution in [0.2, 0.25) is 0 Å². The molecule has 1 amide bonds. The van der Waals surface area contributed by atoms with Crippen LogP contribution in [0.15, 0.2) is 48.8 Å². The fourth-order valence-electron chi connectivity index (χ4n) is 3.22. The summed E-state index contributed by atoms with van der Waals surface area (Å²) < 4.78 is 1.98. The van der Waals surface area contributed by atoms with Crippen LogP contribution in [0.4, 0.5) is 11.4 Å². The van der Waals surface area contributed by atoms with E-state index >= 15 is 0 Å². The molecular weight excluding hydrogens is 286 g/mol. The summed E-state index contributed by atoms with van der Waals surface area (Å²) in [4.78, 5) is 17.0. The highest BCUT2D eigenvalue weighted by molar-refractivity contribution is 5.97. The Morgan fingerprint density at radius 2 is 1.87 bits per heavy atom. The fourth-order valence-corrected chi connectivity index (χ4v) is 3.22. The molecule has 2 aromatic rings. The van der Waals surface area contributed by atoms with Gasteiger partial charge in [-0.3, -0.25) is 4.79 Å². The first-order chi connectivity index (χ1) is 11.0. The van der Waals surface area contributed by atoms with Gasteiger partial charge in [0, 0.05) is 50.6 Å². The van der Waals surface area contributed by atoms with E-state index in [9.17, 15) is 4.79 Å². The molecule has 2 heterocycles. The molecule has 0 spiro atoms. The highest BCUT2D eigenvalue weighted by Gasteiger charge is 2.36. The third-order valence-corrected chi connectivity index (χ3v) is 4.60. The highest BCUT2D eigenvalue weighted by atomic mass is 16.2. The molecule has 1 aliphatic heterocycles. The van der Waals surface area contributed by atoms with Crippen LogP contribution in [0.3, 0.4) is 0 Å². The summed E-state index contributed by atoms with van der Waals surface area (Å²) in [6, 6.07) is 12.3. The van der Waals surface area contributed by atoms with E-state index in [1.54, 1.807) is 0 Å². The Morgan fingerprint density at radius 1 is 1.22 bits per heavy atom. The van der Waals surface area contributed by atoms with E-state index < -0.39 is 0 Å². The van der Waals surface area contributed by atoms with E-state index in [4.69, 9.17) is 0 Å². The van der Waals surface area contributed by atoms with Gasteiger partial charge in [-0.15, -0.1) is 0 Å². The fraction of sp³-hybridized carbons (Fsp3) is 0.368. The highest BCUT2D eigenvalue weighted by Crippen LogP contribution is 2.32. The van der Waals surface area contributed by atoms with Crippen molar-refractivity contribution in [1.29, 1.82) is 0 Å². The second kappa shape index (κ2) is 6.03. The van der Waals surface area contributed by atoms with Crippen LogP contribution in [-0.2, 0) is 11.2 Å². The second-order valence-corrected chi connectivity index (χ2v) is 6.46. The number of hydrogen-bond donors (Lipinski definition) is 0. The zero-order valence-electron chi connectivity index (χ0n) is 14.2. The second-order valence-electron chi connectivity index (χ2n) is 6.46. The molecule has 0 saturated heterocycles. The molecule has 1 aromatic heterocycles. The van der Waals surface area contributed by atoms with Crippen molar-refractivity contribution in [1.82, 2.24) is 0 Å². The van der Waals surface area contributed by atoms with E-state index in [-0.39, 0.29) is 18.0 Å². The monoisotopic (exact) mass is 310 g/mol. The molecule has 0 aliphatic carbocycles. The predicted octanol–water partition coefficient (Wildman–Crippen LogP) is 2.58.